The van der Waals surface area contributed by atoms with Crippen LogP contribution >= 0.6 is 0 Å². The van der Waals surface area contributed by atoms with Crippen LogP contribution in [0, 0.1) is 23.7 Å². The van der Waals surface area contributed by atoms with E-state index in [1.807, 2.05) is 13.8 Å². The van der Waals surface area contributed by atoms with E-state index in [2.05, 4.69) is 20.8 Å². The number of rotatable bonds is 17. The van der Waals surface area contributed by atoms with Gasteiger partial charge in [-0.15, -0.1) is 0 Å². The van der Waals surface area contributed by atoms with Gasteiger partial charge in [0.1, 0.15) is 0 Å². The molecular formula is C23H42O6. The highest BCUT2D eigenvalue weighted by atomic mass is 16.5. The lowest BCUT2D eigenvalue weighted by Gasteiger charge is -2.15. The van der Waals surface area contributed by atoms with Gasteiger partial charge in [0.05, 0.1) is 19.1 Å². The molecule has 0 aromatic carbocycles. The van der Waals surface area contributed by atoms with Gasteiger partial charge < -0.3 is 14.6 Å². The van der Waals surface area contributed by atoms with Gasteiger partial charge in [-0.1, -0.05) is 60.3 Å². The number of carboxylic acids is 1. The van der Waals surface area contributed by atoms with E-state index in [4.69, 9.17) is 9.47 Å². The molecule has 0 aromatic heterocycles. The van der Waals surface area contributed by atoms with Gasteiger partial charge in [0.2, 0.25) is 0 Å². The van der Waals surface area contributed by atoms with Crippen molar-refractivity contribution in [2.75, 3.05) is 13.2 Å². The molecule has 0 fully saturated rings. The Morgan fingerprint density at radius 1 is 0.724 bits per heavy atom. The van der Waals surface area contributed by atoms with Gasteiger partial charge >= 0.3 is 17.9 Å². The molecule has 4 unspecified atom stereocenters. The Bertz CT molecular complexity index is 476. The van der Waals surface area contributed by atoms with Crippen LogP contribution in [0.2, 0.25) is 0 Å². The van der Waals surface area contributed by atoms with Crippen LogP contribution in [0.25, 0.3) is 0 Å². The second-order valence-electron chi connectivity index (χ2n) is 8.37. The van der Waals surface area contributed by atoms with Crippen LogP contribution < -0.4 is 0 Å². The smallest absolute Gasteiger partial charge is 0.320 e. The molecular weight excluding hydrogens is 372 g/mol. The predicted octanol–water partition coefficient (Wildman–Crippen LogP) is 5.23. The van der Waals surface area contributed by atoms with E-state index in [-0.39, 0.29) is 18.5 Å². The molecule has 0 aliphatic heterocycles. The zero-order chi connectivity index (χ0) is 22.2. The number of carboxylic acid groups (broad SMARTS) is 1. The maximum atomic E-state index is 12.1. The maximum absolute atomic E-state index is 12.1. The van der Waals surface area contributed by atoms with E-state index < -0.39 is 17.9 Å². The molecule has 0 saturated carbocycles. The summed E-state index contributed by atoms with van der Waals surface area (Å²) in [7, 11) is 0. The van der Waals surface area contributed by atoms with Gasteiger partial charge in [-0.05, 0) is 43.9 Å². The fraction of sp³-hybridized carbons (Fsp3) is 0.870. The molecule has 29 heavy (non-hydrogen) atoms. The fourth-order valence-electron chi connectivity index (χ4n) is 2.90. The monoisotopic (exact) mass is 414 g/mol. The van der Waals surface area contributed by atoms with Crippen molar-refractivity contribution in [3.63, 3.8) is 0 Å². The van der Waals surface area contributed by atoms with Crippen LogP contribution in [0.3, 0.4) is 0 Å². The summed E-state index contributed by atoms with van der Waals surface area (Å²) in [5.74, 6) is -2.00. The lowest BCUT2D eigenvalue weighted by Crippen LogP contribution is -2.26. The molecule has 1 N–H and O–H groups in total. The quantitative estimate of drug-likeness (QED) is 0.199. The second kappa shape index (κ2) is 16.2. The first-order chi connectivity index (χ1) is 13.7. The average molecular weight is 415 g/mol. The van der Waals surface area contributed by atoms with E-state index in [0.29, 0.717) is 31.3 Å². The number of esters is 2. The van der Waals surface area contributed by atoms with E-state index in [9.17, 15) is 19.5 Å². The lowest BCUT2D eigenvalue weighted by molar-refractivity contribution is -0.159. The van der Waals surface area contributed by atoms with Crippen molar-refractivity contribution in [3.05, 3.63) is 0 Å². The van der Waals surface area contributed by atoms with Gasteiger partial charge in [0, 0.05) is 0 Å². The van der Waals surface area contributed by atoms with Gasteiger partial charge in [0.25, 0.3) is 0 Å². The van der Waals surface area contributed by atoms with E-state index in [1.54, 1.807) is 0 Å². The largest absolute Gasteiger partial charge is 0.481 e. The minimum Gasteiger partial charge on any atom is -0.481 e. The third kappa shape index (κ3) is 13.3. The summed E-state index contributed by atoms with van der Waals surface area (Å²) >= 11 is 0. The van der Waals surface area contributed by atoms with Crippen LogP contribution in [-0.2, 0) is 23.9 Å². The molecule has 0 saturated heterocycles. The minimum atomic E-state index is -1.10. The maximum Gasteiger partial charge on any atom is 0.320 e. The van der Waals surface area contributed by atoms with E-state index in [1.165, 1.54) is 0 Å². The van der Waals surface area contributed by atoms with Crippen LogP contribution in [-0.4, -0.2) is 36.2 Å². The Balaban J connectivity index is 3.93. The summed E-state index contributed by atoms with van der Waals surface area (Å²) in [4.78, 5) is 35.0. The molecule has 6 heteroatoms. The number of carbonyl (C=O) groups excluding carboxylic acids is 2. The van der Waals surface area contributed by atoms with Gasteiger partial charge in [-0.3, -0.25) is 14.4 Å². The fourth-order valence-corrected chi connectivity index (χ4v) is 2.90. The predicted molar refractivity (Wildman–Crippen MR) is 113 cm³/mol. The Hall–Kier alpha value is -1.59. The van der Waals surface area contributed by atoms with Gasteiger partial charge in [0.15, 0.2) is 5.92 Å². The SMILES string of the molecule is CCC(C)CCCC(C(=O)O)C(=O)OCCCCC(C)CCOC(=O)C(C)CC. The molecule has 6 nitrogen and oxygen atoms in total. The van der Waals surface area contributed by atoms with Crippen molar-refractivity contribution in [2.45, 2.75) is 92.4 Å². The molecule has 0 aliphatic rings. The highest BCUT2D eigenvalue weighted by Crippen LogP contribution is 2.17. The van der Waals surface area contributed by atoms with E-state index >= 15 is 0 Å². The van der Waals surface area contributed by atoms with Crippen LogP contribution in [0.5, 0.6) is 0 Å². The molecule has 0 rings (SSSR count). The number of carbonyl (C=O) groups is 3. The average Bonchev–Trinajstić information content (AvgIpc) is 2.69. The summed E-state index contributed by atoms with van der Waals surface area (Å²) < 4.78 is 10.5. The number of hydrogen-bond donors (Lipinski definition) is 1. The molecule has 0 aliphatic carbocycles. The van der Waals surface area contributed by atoms with Gasteiger partial charge in [-0.25, -0.2) is 0 Å². The summed E-state index contributed by atoms with van der Waals surface area (Å²) in [5, 5.41) is 9.28. The first-order valence-electron chi connectivity index (χ1n) is 11.3. The van der Waals surface area contributed by atoms with Crippen molar-refractivity contribution in [3.8, 4) is 0 Å². The molecule has 0 amide bonds. The summed E-state index contributed by atoms with van der Waals surface area (Å²) in [6, 6.07) is 0. The number of ether oxygens (including phenoxy) is 2. The molecule has 0 heterocycles. The summed E-state index contributed by atoms with van der Waals surface area (Å²) in [5.41, 5.74) is 0. The van der Waals surface area contributed by atoms with Gasteiger partial charge in [-0.2, -0.15) is 0 Å². The van der Waals surface area contributed by atoms with Crippen LogP contribution in [0.15, 0.2) is 0 Å². The third-order valence-electron chi connectivity index (χ3n) is 5.67. The Labute approximate surface area is 176 Å². The Morgan fingerprint density at radius 3 is 1.93 bits per heavy atom. The Morgan fingerprint density at radius 2 is 1.34 bits per heavy atom. The van der Waals surface area contributed by atoms with Crippen molar-refractivity contribution in [1.82, 2.24) is 0 Å². The lowest BCUT2D eigenvalue weighted by atomic mass is 9.96. The normalized spacial score (nSPS) is 15.2. The third-order valence-corrected chi connectivity index (χ3v) is 5.67. The van der Waals surface area contributed by atoms with Crippen molar-refractivity contribution in [1.29, 1.82) is 0 Å². The first-order valence-corrected chi connectivity index (χ1v) is 11.3. The minimum absolute atomic E-state index is 0.0512. The topological polar surface area (TPSA) is 89.9 Å². The standard InChI is InChI=1S/C23H42O6/c1-6-17(3)12-10-13-20(21(24)25)23(27)28-15-9-8-11-18(4)14-16-29-22(26)19(5)7-2/h17-20H,6-16H2,1-5H3,(H,24,25). The van der Waals surface area contributed by atoms with Crippen molar-refractivity contribution in [2.24, 2.45) is 23.7 Å². The number of unbranched alkanes of at least 4 members (excludes halogenated alkanes) is 1. The van der Waals surface area contributed by atoms with E-state index in [0.717, 1.165) is 44.9 Å². The highest BCUT2D eigenvalue weighted by molar-refractivity contribution is 5.93. The molecule has 0 bridgehead atoms. The Kier molecular flexibility index (Phi) is 15.3. The second-order valence-corrected chi connectivity index (χ2v) is 8.37. The molecule has 0 radical (unpaired) electrons. The highest BCUT2D eigenvalue weighted by Gasteiger charge is 2.27. The van der Waals surface area contributed by atoms with Crippen molar-refractivity contribution < 1.29 is 29.0 Å². The van der Waals surface area contributed by atoms with Crippen molar-refractivity contribution >= 4 is 17.9 Å². The summed E-state index contributed by atoms with van der Waals surface area (Å²) in [6.45, 7) is 10.9. The molecule has 0 spiro atoms. The first kappa shape index (κ1) is 27.4. The van der Waals surface area contributed by atoms with Crippen LogP contribution in [0.4, 0.5) is 0 Å². The number of hydrogen-bond acceptors (Lipinski definition) is 5. The zero-order valence-electron chi connectivity index (χ0n) is 19.1. The van der Waals surface area contributed by atoms with Crippen LogP contribution in [0.1, 0.15) is 92.4 Å². The summed E-state index contributed by atoms with van der Waals surface area (Å²) in [6.07, 6.45) is 7.20. The molecule has 0 aromatic rings. The molecule has 170 valence electrons. The molecule has 4 atom stereocenters. The zero-order valence-corrected chi connectivity index (χ0v) is 19.1. The number of aliphatic carboxylic acids is 1.